The summed E-state index contributed by atoms with van der Waals surface area (Å²) in [5, 5.41) is 6.91. The number of nitrogens with one attached hydrogen (secondary N) is 1. The average Bonchev–Trinajstić information content (AvgIpc) is 2.76. The van der Waals surface area contributed by atoms with Gasteiger partial charge in [0, 0.05) is 12.6 Å². The molecule has 0 fully saturated rings. The summed E-state index contributed by atoms with van der Waals surface area (Å²) in [4.78, 5) is 0. The Kier molecular flexibility index (Phi) is 3.56. The molecule has 0 saturated carbocycles. The first-order valence-electron chi connectivity index (χ1n) is 5.15. The van der Waals surface area contributed by atoms with Crippen LogP contribution in [0.2, 0.25) is 0 Å². The molecule has 1 aromatic carbocycles. The molecule has 4 nitrogen and oxygen atoms in total. The highest BCUT2D eigenvalue weighted by Crippen LogP contribution is 2.12. The molecule has 1 N–H and O–H groups in total. The molecule has 0 aliphatic rings. The van der Waals surface area contributed by atoms with Crippen LogP contribution in [0.5, 0.6) is 5.75 Å². The Bertz CT molecular complexity index is 426. The molecule has 0 saturated heterocycles. The molecule has 1 heterocycles. The smallest absolute Gasteiger partial charge is 0.174 e. The van der Waals surface area contributed by atoms with E-state index in [1.54, 1.807) is 0 Å². The molecule has 16 heavy (non-hydrogen) atoms. The van der Waals surface area contributed by atoms with E-state index in [2.05, 4.69) is 10.5 Å². The third kappa shape index (κ3) is 2.84. The third-order valence-corrected chi connectivity index (χ3v) is 2.09. The van der Waals surface area contributed by atoms with Crippen LogP contribution in [-0.2, 0) is 13.2 Å². The summed E-state index contributed by atoms with van der Waals surface area (Å²) >= 11 is 0. The third-order valence-electron chi connectivity index (χ3n) is 2.09. The summed E-state index contributed by atoms with van der Waals surface area (Å²) in [6.07, 6.45) is 0. The first kappa shape index (κ1) is 10.7. The van der Waals surface area contributed by atoms with Gasteiger partial charge in [-0.15, -0.1) is 0 Å². The van der Waals surface area contributed by atoms with Crippen molar-refractivity contribution in [1.29, 1.82) is 0 Å². The highest BCUT2D eigenvalue weighted by Gasteiger charge is 2.03. The first-order valence-corrected chi connectivity index (χ1v) is 5.15. The Labute approximate surface area is 94.2 Å². The molecule has 2 rings (SSSR count). The molecule has 0 radical (unpaired) electrons. The number of hydrogen-bond acceptors (Lipinski definition) is 4. The van der Waals surface area contributed by atoms with E-state index < -0.39 is 0 Å². The molecule has 0 amide bonds. The van der Waals surface area contributed by atoms with Crippen LogP contribution >= 0.6 is 0 Å². The van der Waals surface area contributed by atoms with Gasteiger partial charge >= 0.3 is 0 Å². The van der Waals surface area contributed by atoms with E-state index in [1.807, 2.05) is 43.4 Å². The van der Waals surface area contributed by atoms with Crippen LogP contribution in [-0.4, -0.2) is 12.2 Å². The number of aromatic nitrogens is 1. The number of ether oxygens (including phenoxy) is 1. The summed E-state index contributed by atoms with van der Waals surface area (Å²) < 4.78 is 10.7. The fourth-order valence-corrected chi connectivity index (χ4v) is 1.36. The molecular formula is C12H14N2O2. The van der Waals surface area contributed by atoms with Gasteiger partial charge in [-0.05, 0) is 19.2 Å². The molecule has 1 aromatic heterocycles. The van der Waals surface area contributed by atoms with Gasteiger partial charge in [-0.3, -0.25) is 0 Å². The maximum absolute atomic E-state index is 5.53. The topological polar surface area (TPSA) is 47.3 Å². The van der Waals surface area contributed by atoms with E-state index in [4.69, 9.17) is 9.26 Å². The second kappa shape index (κ2) is 5.32. The van der Waals surface area contributed by atoms with Gasteiger partial charge in [0.05, 0.1) is 5.69 Å². The quantitative estimate of drug-likeness (QED) is 0.833. The lowest BCUT2D eigenvalue weighted by atomic mass is 10.3. The molecule has 0 spiro atoms. The van der Waals surface area contributed by atoms with Crippen molar-refractivity contribution in [3.05, 3.63) is 47.9 Å². The lowest BCUT2D eigenvalue weighted by Crippen LogP contribution is -2.04. The van der Waals surface area contributed by atoms with E-state index in [9.17, 15) is 0 Å². The summed E-state index contributed by atoms with van der Waals surface area (Å²) in [7, 11) is 1.87. The van der Waals surface area contributed by atoms with Crippen LogP contribution in [0.15, 0.2) is 40.9 Å². The largest absolute Gasteiger partial charge is 0.486 e. The van der Waals surface area contributed by atoms with E-state index in [0.29, 0.717) is 13.2 Å². The van der Waals surface area contributed by atoms with Crippen LogP contribution in [0.1, 0.15) is 11.5 Å². The van der Waals surface area contributed by atoms with Crippen molar-refractivity contribution in [2.75, 3.05) is 7.05 Å². The maximum atomic E-state index is 5.53. The Morgan fingerprint density at radius 2 is 2.12 bits per heavy atom. The zero-order valence-corrected chi connectivity index (χ0v) is 9.14. The fourth-order valence-electron chi connectivity index (χ4n) is 1.36. The van der Waals surface area contributed by atoms with Gasteiger partial charge in [-0.25, -0.2) is 0 Å². The van der Waals surface area contributed by atoms with Crippen molar-refractivity contribution in [3.8, 4) is 5.75 Å². The monoisotopic (exact) mass is 218 g/mol. The van der Waals surface area contributed by atoms with Crippen LogP contribution in [0.4, 0.5) is 0 Å². The second-order valence-electron chi connectivity index (χ2n) is 3.42. The predicted octanol–water partition coefficient (Wildman–Crippen LogP) is 1.97. The van der Waals surface area contributed by atoms with E-state index in [1.165, 1.54) is 0 Å². The maximum Gasteiger partial charge on any atom is 0.174 e. The lowest BCUT2D eigenvalue weighted by molar-refractivity contribution is 0.248. The molecule has 4 heteroatoms. The number of rotatable bonds is 5. The van der Waals surface area contributed by atoms with Crippen LogP contribution < -0.4 is 10.1 Å². The van der Waals surface area contributed by atoms with Crippen molar-refractivity contribution in [2.45, 2.75) is 13.2 Å². The standard InChI is InChI=1S/C12H14N2O2/c1-13-8-10-7-12(16-14-10)9-15-11-5-3-2-4-6-11/h2-7,13H,8-9H2,1H3. The predicted molar refractivity (Wildman–Crippen MR) is 60.0 cm³/mol. The summed E-state index contributed by atoms with van der Waals surface area (Å²) in [6.45, 7) is 1.11. The molecule has 84 valence electrons. The Hall–Kier alpha value is -1.81. The van der Waals surface area contributed by atoms with Gasteiger partial charge in [0.2, 0.25) is 0 Å². The summed E-state index contributed by atoms with van der Waals surface area (Å²) in [5.74, 6) is 1.56. The van der Waals surface area contributed by atoms with Crippen molar-refractivity contribution in [2.24, 2.45) is 0 Å². The van der Waals surface area contributed by atoms with Crippen LogP contribution in [0.25, 0.3) is 0 Å². The molecular weight excluding hydrogens is 204 g/mol. The van der Waals surface area contributed by atoms with E-state index in [-0.39, 0.29) is 0 Å². The van der Waals surface area contributed by atoms with Gasteiger partial charge in [0.1, 0.15) is 12.4 Å². The minimum atomic E-state index is 0.403. The molecule has 2 aromatic rings. The molecule has 0 aliphatic carbocycles. The van der Waals surface area contributed by atoms with E-state index in [0.717, 1.165) is 17.2 Å². The number of benzene rings is 1. The van der Waals surface area contributed by atoms with Crippen molar-refractivity contribution in [3.63, 3.8) is 0 Å². The van der Waals surface area contributed by atoms with Gasteiger partial charge in [0.15, 0.2) is 5.76 Å². The van der Waals surface area contributed by atoms with Gasteiger partial charge in [-0.1, -0.05) is 23.4 Å². The summed E-state index contributed by atoms with van der Waals surface area (Å²) in [5.41, 5.74) is 0.883. The highest BCUT2D eigenvalue weighted by atomic mass is 16.5. The number of para-hydroxylation sites is 1. The minimum absolute atomic E-state index is 0.403. The van der Waals surface area contributed by atoms with Gasteiger partial charge in [-0.2, -0.15) is 0 Å². The fraction of sp³-hybridized carbons (Fsp3) is 0.250. The average molecular weight is 218 g/mol. The first-order chi connectivity index (χ1) is 7.88. The lowest BCUT2D eigenvalue weighted by Gasteiger charge is -2.01. The summed E-state index contributed by atoms with van der Waals surface area (Å²) in [6, 6.07) is 11.5. The Morgan fingerprint density at radius 3 is 2.88 bits per heavy atom. The number of hydrogen-bond donors (Lipinski definition) is 1. The number of nitrogens with zero attached hydrogens (tertiary/aromatic N) is 1. The Balaban J connectivity index is 1.89. The zero-order chi connectivity index (χ0) is 11.2. The van der Waals surface area contributed by atoms with Gasteiger partial charge in [0.25, 0.3) is 0 Å². The minimum Gasteiger partial charge on any atom is -0.486 e. The van der Waals surface area contributed by atoms with Gasteiger partial charge < -0.3 is 14.6 Å². The SMILES string of the molecule is CNCc1cc(COc2ccccc2)on1. The highest BCUT2D eigenvalue weighted by molar-refractivity contribution is 5.21. The zero-order valence-electron chi connectivity index (χ0n) is 9.14. The molecule has 0 aliphatic heterocycles. The van der Waals surface area contributed by atoms with Crippen molar-refractivity contribution >= 4 is 0 Å². The molecule has 0 bridgehead atoms. The van der Waals surface area contributed by atoms with Crippen LogP contribution in [0, 0.1) is 0 Å². The van der Waals surface area contributed by atoms with E-state index >= 15 is 0 Å². The van der Waals surface area contributed by atoms with Crippen molar-refractivity contribution < 1.29 is 9.26 Å². The molecule has 0 unspecified atom stereocenters. The Morgan fingerprint density at radius 1 is 1.31 bits per heavy atom. The second-order valence-corrected chi connectivity index (χ2v) is 3.42. The molecule has 0 atom stereocenters. The normalized spacial score (nSPS) is 10.3. The van der Waals surface area contributed by atoms with Crippen LogP contribution in [0.3, 0.4) is 0 Å². The van der Waals surface area contributed by atoms with Crippen molar-refractivity contribution in [1.82, 2.24) is 10.5 Å².